The Kier molecular flexibility index (Phi) is 19.3. The van der Waals surface area contributed by atoms with E-state index in [1.165, 1.54) is 0 Å². The van der Waals surface area contributed by atoms with E-state index >= 15 is 0 Å². The zero-order valence-electron chi connectivity index (χ0n) is 19.0. The number of aliphatic hydroxyl groups is 1. The number of carbonyl (C=O) groups is 2. The number of carboxylic acid groups (broad SMARTS) is 1. The number of rotatable bonds is 11. The Morgan fingerprint density at radius 2 is 1.86 bits per heavy atom. The van der Waals surface area contributed by atoms with Gasteiger partial charge in [0.1, 0.15) is 12.4 Å². The number of Topliss-reactive ketones (excluding diaryl/α,β-unsaturated/α-hetero) is 1. The smallest absolute Gasteiger partial charge is 0.550 e. The van der Waals surface area contributed by atoms with Gasteiger partial charge >= 0.3 is 29.6 Å². The van der Waals surface area contributed by atoms with Gasteiger partial charge in [0.05, 0.1) is 11.3 Å². The van der Waals surface area contributed by atoms with Crippen molar-refractivity contribution in [3.8, 4) is 0 Å². The molecule has 0 spiro atoms. The Bertz CT molecular complexity index is 551. The van der Waals surface area contributed by atoms with Crippen molar-refractivity contribution >= 4 is 29.2 Å². The van der Waals surface area contributed by atoms with Crippen LogP contribution in [-0.2, 0) is 14.4 Å². The largest absolute Gasteiger partial charge is 1.00 e. The van der Waals surface area contributed by atoms with Gasteiger partial charge < -0.3 is 19.8 Å². The molecule has 1 aliphatic carbocycles. The molecular formula is C21H36NNaO5S. The number of hydrogen-bond donors (Lipinski definition) is 1. The van der Waals surface area contributed by atoms with Crippen LogP contribution in [0.4, 0.5) is 0 Å². The number of oxime groups is 1. The van der Waals surface area contributed by atoms with Gasteiger partial charge in [-0.1, -0.05) is 45.7 Å². The molecule has 2 unspecified atom stereocenters. The number of aliphatic hydroxyl groups excluding tert-OH is 1. The second-order valence-electron chi connectivity index (χ2n) is 6.85. The maximum absolute atomic E-state index is 12.5. The van der Waals surface area contributed by atoms with Gasteiger partial charge in [0.25, 0.3) is 0 Å². The van der Waals surface area contributed by atoms with Crippen molar-refractivity contribution in [3.63, 3.8) is 0 Å². The zero-order valence-corrected chi connectivity index (χ0v) is 21.8. The summed E-state index contributed by atoms with van der Waals surface area (Å²) in [5, 5.41) is 24.4. The standard InChI is InChI=1S/C17H29NO3S.C4H8O2.Na/c1-5-8-14(18-21-6-2)17-15(19)10-13(11-16(17)20)9-12(4)22-7-3;1-2-3-4(5)6;/h12-13,19H,5-11H2,1-4H3;2-3H2,1H3,(H,5,6);/q;;+1/p-1. The molecule has 0 amide bonds. The topological polar surface area (TPSA) is 99.0 Å². The van der Waals surface area contributed by atoms with Gasteiger partial charge in [-0.15, -0.1) is 0 Å². The number of nitrogens with zero attached hydrogens (tertiary/aromatic N) is 1. The monoisotopic (exact) mass is 437 g/mol. The molecule has 0 saturated heterocycles. The van der Waals surface area contributed by atoms with E-state index in [-0.39, 0.29) is 53.4 Å². The molecule has 162 valence electrons. The van der Waals surface area contributed by atoms with Crippen molar-refractivity contribution in [2.24, 2.45) is 11.1 Å². The molecule has 0 saturated carbocycles. The first-order valence-electron chi connectivity index (χ1n) is 10.3. The van der Waals surface area contributed by atoms with Crippen LogP contribution in [0.2, 0.25) is 0 Å². The third-order valence-corrected chi connectivity index (χ3v) is 5.27. The molecule has 1 aliphatic rings. The molecule has 0 fully saturated rings. The molecular weight excluding hydrogens is 401 g/mol. The van der Waals surface area contributed by atoms with E-state index in [1.54, 1.807) is 6.92 Å². The van der Waals surface area contributed by atoms with E-state index < -0.39 is 5.97 Å². The minimum Gasteiger partial charge on any atom is -0.550 e. The van der Waals surface area contributed by atoms with Gasteiger partial charge in [-0.2, -0.15) is 11.8 Å². The summed E-state index contributed by atoms with van der Waals surface area (Å²) >= 11 is 1.90. The van der Waals surface area contributed by atoms with Crippen LogP contribution in [0, 0.1) is 5.92 Å². The fraction of sp³-hybridized carbons (Fsp3) is 0.762. The van der Waals surface area contributed by atoms with Gasteiger partial charge in [0.15, 0.2) is 5.78 Å². The minimum atomic E-state index is -0.961. The van der Waals surface area contributed by atoms with Crippen LogP contribution in [0.3, 0.4) is 0 Å². The summed E-state index contributed by atoms with van der Waals surface area (Å²) in [5.74, 6) is 0.560. The van der Waals surface area contributed by atoms with Gasteiger partial charge in [-0.25, -0.2) is 0 Å². The van der Waals surface area contributed by atoms with Crippen molar-refractivity contribution in [2.45, 2.75) is 84.8 Å². The fourth-order valence-corrected chi connectivity index (χ4v) is 4.07. The molecule has 1 rings (SSSR count). The Morgan fingerprint density at radius 3 is 2.28 bits per heavy atom. The predicted molar refractivity (Wildman–Crippen MR) is 113 cm³/mol. The molecule has 0 radical (unpaired) electrons. The molecule has 6 nitrogen and oxygen atoms in total. The number of carbonyl (C=O) groups excluding carboxylic acids is 2. The van der Waals surface area contributed by atoms with Crippen LogP contribution in [0.1, 0.15) is 79.6 Å². The van der Waals surface area contributed by atoms with Crippen molar-refractivity contribution in [1.29, 1.82) is 0 Å². The first kappa shape index (κ1) is 30.7. The number of allylic oxidation sites excluding steroid dienone is 2. The fourth-order valence-electron chi connectivity index (χ4n) is 3.09. The first-order valence-corrected chi connectivity index (χ1v) is 11.3. The normalized spacial score (nSPS) is 17.8. The molecule has 0 aliphatic heterocycles. The minimum absolute atomic E-state index is 0. The Morgan fingerprint density at radius 1 is 1.24 bits per heavy atom. The molecule has 0 aromatic carbocycles. The third-order valence-electron chi connectivity index (χ3n) is 4.17. The number of ketones is 1. The quantitative estimate of drug-likeness (QED) is 0.295. The van der Waals surface area contributed by atoms with Crippen molar-refractivity contribution in [1.82, 2.24) is 0 Å². The number of hydrogen-bond acceptors (Lipinski definition) is 7. The van der Waals surface area contributed by atoms with Gasteiger partial charge in [0, 0.05) is 24.1 Å². The van der Waals surface area contributed by atoms with Crippen molar-refractivity contribution < 1.29 is 54.2 Å². The second kappa shape index (κ2) is 18.3. The molecule has 2 atom stereocenters. The zero-order chi connectivity index (χ0) is 21.5. The van der Waals surface area contributed by atoms with E-state index in [0.29, 0.717) is 48.8 Å². The van der Waals surface area contributed by atoms with E-state index in [2.05, 4.69) is 19.0 Å². The summed E-state index contributed by atoms with van der Waals surface area (Å²) < 4.78 is 0. The average Bonchev–Trinajstić information content (AvgIpc) is 2.59. The molecule has 0 bridgehead atoms. The average molecular weight is 438 g/mol. The summed E-state index contributed by atoms with van der Waals surface area (Å²) in [4.78, 5) is 27.1. The molecule has 0 aromatic heterocycles. The van der Waals surface area contributed by atoms with Crippen molar-refractivity contribution in [3.05, 3.63) is 11.3 Å². The molecule has 0 aromatic rings. The predicted octanol–water partition coefficient (Wildman–Crippen LogP) is 1.04. The SMILES string of the molecule is CCCC(=NOCC)C1=C(O)CC(CC(C)SCC)CC1=O.CCCC(=O)[O-].[Na+]. The number of thioether (sulfide) groups is 1. The Balaban J connectivity index is 0. The second-order valence-corrected chi connectivity index (χ2v) is 8.56. The van der Waals surface area contributed by atoms with Crippen LogP contribution >= 0.6 is 11.8 Å². The van der Waals surface area contributed by atoms with E-state index in [1.807, 2.05) is 25.6 Å². The van der Waals surface area contributed by atoms with Gasteiger partial charge in [-0.3, -0.25) is 4.79 Å². The maximum Gasteiger partial charge on any atom is 1.00 e. The van der Waals surface area contributed by atoms with E-state index in [9.17, 15) is 19.8 Å². The first-order chi connectivity index (χ1) is 13.3. The van der Waals surface area contributed by atoms with Crippen LogP contribution in [0.15, 0.2) is 16.5 Å². The summed E-state index contributed by atoms with van der Waals surface area (Å²) in [5.41, 5.74) is 1.00. The summed E-state index contributed by atoms with van der Waals surface area (Å²) in [6.45, 7) is 10.5. The molecule has 8 heteroatoms. The van der Waals surface area contributed by atoms with Crippen molar-refractivity contribution in [2.75, 3.05) is 12.4 Å². The van der Waals surface area contributed by atoms with Crippen LogP contribution in [0.25, 0.3) is 0 Å². The summed E-state index contributed by atoms with van der Waals surface area (Å²) in [6, 6.07) is 0. The third kappa shape index (κ3) is 13.4. The van der Waals surface area contributed by atoms with E-state index in [4.69, 9.17) is 4.84 Å². The number of aliphatic carboxylic acids is 1. The maximum atomic E-state index is 12.5. The van der Waals surface area contributed by atoms with Crippen LogP contribution < -0.4 is 34.7 Å². The van der Waals surface area contributed by atoms with Gasteiger partial charge in [0.2, 0.25) is 0 Å². The van der Waals surface area contributed by atoms with Gasteiger partial charge in [-0.05, 0) is 37.9 Å². The van der Waals surface area contributed by atoms with E-state index in [0.717, 1.165) is 18.6 Å². The molecule has 29 heavy (non-hydrogen) atoms. The summed E-state index contributed by atoms with van der Waals surface area (Å²) in [6.07, 6.45) is 4.41. The Labute approximate surface area is 202 Å². The van der Waals surface area contributed by atoms with Crippen LogP contribution in [-0.4, -0.2) is 40.2 Å². The number of carboxylic acids is 1. The molecule has 1 N–H and O–H groups in total. The molecule has 0 heterocycles. The summed E-state index contributed by atoms with van der Waals surface area (Å²) in [7, 11) is 0. The van der Waals surface area contributed by atoms with Crippen LogP contribution in [0.5, 0.6) is 0 Å². The Hall–Kier alpha value is -0.500.